The molecular weight excluding hydrogens is 1280 g/mol. The smallest absolute Gasteiger partial charge is 0.305 e. The average molecular weight is 1390 g/mol. The summed E-state index contributed by atoms with van der Waals surface area (Å²) in [5, 5.41) is 15.4. The molecule has 18 heteroatoms. The van der Waals surface area contributed by atoms with E-state index >= 15 is 0 Å². The number of carboxylic acid groups (broad SMARTS) is 1. The lowest BCUT2D eigenvalue weighted by molar-refractivity contribution is -0.137. The van der Waals surface area contributed by atoms with Crippen molar-refractivity contribution in [2.24, 2.45) is 0 Å². The highest BCUT2D eigenvalue weighted by Crippen LogP contribution is 2.34. The molecule has 2 aliphatic heterocycles. The number of carboxylic acids is 1. The second-order valence-corrected chi connectivity index (χ2v) is 25.7. The summed E-state index contributed by atoms with van der Waals surface area (Å²) in [6.07, 6.45) is 0.0334. The molecule has 2 heterocycles. The van der Waals surface area contributed by atoms with Gasteiger partial charge in [-0.05, 0) is 180 Å². The summed E-state index contributed by atoms with van der Waals surface area (Å²) < 4.78 is 26.7. The van der Waals surface area contributed by atoms with Crippen LogP contribution in [0.1, 0.15) is 167 Å². The first-order valence-corrected chi connectivity index (χ1v) is 35.4. The normalized spacial score (nSPS) is 14.2. The summed E-state index contributed by atoms with van der Waals surface area (Å²) in [6.45, 7) is 29.8. The molecule has 0 radical (unpaired) electrons. The molecule has 2 aliphatic rings. The van der Waals surface area contributed by atoms with Gasteiger partial charge in [0.25, 0.3) is 17.7 Å². The molecule has 540 valence electrons. The van der Waals surface area contributed by atoms with Crippen molar-refractivity contribution in [3.8, 4) is 0 Å². The number of ketones is 1. The lowest BCUT2D eigenvalue weighted by atomic mass is 9.94. The Bertz CT molecular complexity index is 3980. The lowest BCUT2D eigenvalue weighted by Gasteiger charge is -2.40. The first kappa shape index (κ1) is 79.6. The maximum atomic E-state index is 13.4. The Balaban J connectivity index is 0.000000223. The topological polar surface area (TPSA) is 169 Å². The molecule has 0 aliphatic carbocycles. The van der Waals surface area contributed by atoms with Gasteiger partial charge in [0.1, 0.15) is 11.6 Å². The van der Waals surface area contributed by atoms with Crippen LogP contribution in [0.15, 0.2) is 194 Å². The first-order valence-electron chi connectivity index (χ1n) is 35.4. The van der Waals surface area contributed by atoms with Crippen LogP contribution < -0.4 is 10.6 Å². The number of aryl methyl sites for hydroxylation is 1. The number of halogens is 2. The van der Waals surface area contributed by atoms with Gasteiger partial charge in [0.2, 0.25) is 5.91 Å². The van der Waals surface area contributed by atoms with Gasteiger partial charge in [0.15, 0.2) is 5.78 Å². The summed E-state index contributed by atoms with van der Waals surface area (Å²) in [6, 6.07) is 59.7. The Labute approximate surface area is 602 Å². The zero-order valence-electron chi connectivity index (χ0n) is 60.0. The van der Waals surface area contributed by atoms with Crippen LogP contribution in [0.2, 0.25) is 0 Å². The molecule has 8 aromatic rings. The van der Waals surface area contributed by atoms with Gasteiger partial charge in [-0.25, -0.2) is 8.78 Å². The van der Waals surface area contributed by atoms with E-state index in [2.05, 4.69) is 72.7 Å². The minimum absolute atomic E-state index is 0. The fourth-order valence-corrected chi connectivity index (χ4v) is 13.1. The van der Waals surface area contributed by atoms with Crippen LogP contribution in [0, 0.1) is 18.6 Å². The van der Waals surface area contributed by atoms with Crippen molar-refractivity contribution < 1.29 is 42.7 Å². The fourth-order valence-electron chi connectivity index (χ4n) is 13.1. The molecule has 10 rings (SSSR count). The minimum Gasteiger partial charge on any atom is -0.481 e. The summed E-state index contributed by atoms with van der Waals surface area (Å²) in [5.74, 6) is -1.33. The number of rotatable bonds is 26. The van der Waals surface area contributed by atoms with E-state index < -0.39 is 5.97 Å². The molecule has 2 saturated heterocycles. The van der Waals surface area contributed by atoms with Crippen molar-refractivity contribution in [2.45, 2.75) is 107 Å². The van der Waals surface area contributed by atoms with Crippen LogP contribution in [-0.4, -0.2) is 172 Å². The highest BCUT2D eigenvalue weighted by molar-refractivity contribution is 6.09. The van der Waals surface area contributed by atoms with E-state index in [4.69, 9.17) is 0 Å². The summed E-state index contributed by atoms with van der Waals surface area (Å²) in [5.41, 5.74) is 12.5. The lowest BCUT2D eigenvalue weighted by Crippen LogP contribution is -2.47. The van der Waals surface area contributed by atoms with Crippen molar-refractivity contribution >= 4 is 46.8 Å². The highest BCUT2D eigenvalue weighted by atomic mass is 19.1. The molecule has 16 nitrogen and oxygen atoms in total. The molecule has 3 atom stereocenters. The molecular formula is C84H103F2N9O7. The summed E-state index contributed by atoms with van der Waals surface area (Å²) >= 11 is 0. The number of piperazine rings is 2. The SMILES string of the molecule is C.CCN(CC)C(=O)c1ccc(C(=O)c2cccc(C)c2)cc1.CCN(CC)C(=O)c1ccc([C@H](c2cccc(NC(C)=O)c2)N2CCN(Cc3ccc(F)cc3)CC2)cc1.CCN(CC)C(=O)c1ccc([C@H](c2cccc(NC(C)CC(=O)O)c2)N2CCN(Cc3ccc(F)cc3)CC2)cc1. The van der Waals surface area contributed by atoms with E-state index in [0.717, 1.165) is 116 Å². The molecule has 0 saturated carbocycles. The molecule has 0 bridgehead atoms. The average Bonchev–Trinajstić information content (AvgIpc) is 0.815. The van der Waals surface area contributed by atoms with Crippen LogP contribution in [-0.2, 0) is 22.7 Å². The van der Waals surface area contributed by atoms with Gasteiger partial charge < -0.3 is 30.4 Å². The van der Waals surface area contributed by atoms with Crippen molar-refractivity contribution in [3.63, 3.8) is 0 Å². The number of hydrogen-bond donors (Lipinski definition) is 3. The van der Waals surface area contributed by atoms with Gasteiger partial charge in [0.05, 0.1) is 18.5 Å². The van der Waals surface area contributed by atoms with Gasteiger partial charge in [-0.3, -0.25) is 48.4 Å². The summed E-state index contributed by atoms with van der Waals surface area (Å²) in [4.78, 5) is 88.4. The Hall–Kier alpha value is -9.72. The number of nitrogens with zero attached hydrogens (tertiary/aromatic N) is 7. The standard InChI is InChI=1S/C33H41FN4O3.C31H37FN4O2.C19H21NO2.CH4/c1-4-37(5-2)33(41)27-13-11-26(12-14-27)32(28-7-6-8-30(22-28)35-24(3)21-31(39)40)38-19-17-36(18-20-38)23-25-9-15-29(34)16-10-25;1-4-35(5-2)31(38)26-13-11-25(12-14-26)30(27-7-6-8-29(21-27)33-23(3)37)36-19-17-34(18-20-36)22-24-9-15-28(32)16-10-24;1-4-20(5-2)19(22)16-11-9-15(10-12-16)18(21)17-8-6-7-14(3)13-17;/h6-16,22,24,32,35H,4-5,17-21,23H2,1-3H3,(H,39,40);6-16,21,30H,4-5,17-20,22H2,1-3H3,(H,33,37);6-13H,4-5H2,1-3H3;1H4/t24?,32-;30-;;/m11../s1. The van der Waals surface area contributed by atoms with E-state index in [9.17, 15) is 42.7 Å². The maximum absolute atomic E-state index is 13.4. The number of carbonyl (C=O) groups is 6. The van der Waals surface area contributed by atoms with E-state index in [0.29, 0.717) is 67.1 Å². The van der Waals surface area contributed by atoms with E-state index in [-0.39, 0.29) is 73.0 Å². The Morgan fingerprint density at radius 2 is 0.804 bits per heavy atom. The van der Waals surface area contributed by atoms with Gasteiger partial charge in [-0.2, -0.15) is 0 Å². The molecule has 0 aromatic heterocycles. The number of benzene rings is 8. The zero-order chi connectivity index (χ0) is 72.5. The zero-order valence-corrected chi connectivity index (χ0v) is 60.0. The second kappa shape index (κ2) is 39.5. The number of anilines is 2. The van der Waals surface area contributed by atoms with Crippen LogP contribution in [0.5, 0.6) is 0 Å². The van der Waals surface area contributed by atoms with E-state index in [1.807, 2.05) is 168 Å². The van der Waals surface area contributed by atoms with Crippen molar-refractivity contribution in [1.82, 2.24) is 34.3 Å². The predicted octanol–water partition coefficient (Wildman–Crippen LogP) is 15.0. The van der Waals surface area contributed by atoms with Gasteiger partial charge >= 0.3 is 5.97 Å². The highest BCUT2D eigenvalue weighted by Gasteiger charge is 2.30. The number of aliphatic carboxylic acids is 1. The Kier molecular flexibility index (Phi) is 30.8. The quantitative estimate of drug-likeness (QED) is 0.0439. The largest absolute Gasteiger partial charge is 0.481 e. The van der Waals surface area contributed by atoms with Crippen LogP contribution in [0.25, 0.3) is 0 Å². The summed E-state index contributed by atoms with van der Waals surface area (Å²) in [7, 11) is 0. The number of amides is 4. The van der Waals surface area contributed by atoms with Crippen LogP contribution in [0.3, 0.4) is 0 Å². The molecule has 4 amide bonds. The molecule has 3 N–H and O–H groups in total. The minimum atomic E-state index is -0.836. The molecule has 8 aromatic carbocycles. The van der Waals surface area contributed by atoms with Crippen molar-refractivity contribution in [1.29, 1.82) is 0 Å². The van der Waals surface area contributed by atoms with Crippen LogP contribution >= 0.6 is 0 Å². The monoisotopic (exact) mass is 1390 g/mol. The third-order valence-corrected chi connectivity index (χ3v) is 18.6. The van der Waals surface area contributed by atoms with E-state index in [1.54, 1.807) is 29.2 Å². The van der Waals surface area contributed by atoms with Crippen molar-refractivity contribution in [3.05, 3.63) is 273 Å². The third-order valence-electron chi connectivity index (χ3n) is 18.6. The maximum Gasteiger partial charge on any atom is 0.305 e. The van der Waals surface area contributed by atoms with Gasteiger partial charge in [0, 0.05) is 157 Å². The number of hydrogen-bond acceptors (Lipinski definition) is 11. The molecule has 1 unspecified atom stereocenters. The van der Waals surface area contributed by atoms with Crippen LogP contribution in [0.4, 0.5) is 20.2 Å². The van der Waals surface area contributed by atoms with Gasteiger partial charge in [-0.15, -0.1) is 0 Å². The fraction of sp³-hybridized carbons (Fsp3) is 0.357. The first-order chi connectivity index (χ1) is 48.7. The molecule has 0 spiro atoms. The molecule has 2 fully saturated rings. The second-order valence-electron chi connectivity index (χ2n) is 25.7. The van der Waals surface area contributed by atoms with Crippen molar-refractivity contribution in [2.75, 3.05) is 102 Å². The predicted molar refractivity (Wildman–Crippen MR) is 405 cm³/mol. The number of carbonyl (C=O) groups excluding carboxylic acids is 5. The Morgan fingerprint density at radius 3 is 1.18 bits per heavy atom. The van der Waals surface area contributed by atoms with Gasteiger partial charge in [-0.1, -0.05) is 116 Å². The Morgan fingerprint density at radius 1 is 0.441 bits per heavy atom. The number of nitrogens with one attached hydrogen (secondary N) is 2. The van der Waals surface area contributed by atoms with E-state index in [1.165, 1.54) is 31.2 Å². The molecule has 102 heavy (non-hydrogen) atoms. The third kappa shape index (κ3) is 22.6.